The molecule has 3 aromatic rings. The Morgan fingerprint density at radius 1 is 1.08 bits per heavy atom. The van der Waals surface area contributed by atoms with Crippen LogP contribution in [0.5, 0.6) is 5.75 Å². The zero-order valence-electron chi connectivity index (χ0n) is 13.0. The van der Waals surface area contributed by atoms with Gasteiger partial charge in [-0.15, -0.1) is 0 Å². The molecule has 3 rings (SSSR count). The van der Waals surface area contributed by atoms with Crippen LogP contribution in [0, 0.1) is 0 Å². The Balaban J connectivity index is 1.91. The smallest absolute Gasteiger partial charge is 0.406 e. The Hall–Kier alpha value is -2.96. The number of benzene rings is 2. The largest absolute Gasteiger partial charge is 0.489 e. The van der Waals surface area contributed by atoms with Gasteiger partial charge < -0.3 is 14.4 Å². The number of alkyl halides is 3. The van der Waals surface area contributed by atoms with E-state index in [-0.39, 0.29) is 5.52 Å². The summed E-state index contributed by atoms with van der Waals surface area (Å²) < 4.78 is 44.6. The summed E-state index contributed by atoms with van der Waals surface area (Å²) in [5, 5.41) is 9.55. The number of carboxylic acids is 1. The van der Waals surface area contributed by atoms with Crippen molar-refractivity contribution in [2.75, 3.05) is 0 Å². The summed E-state index contributed by atoms with van der Waals surface area (Å²) in [5.74, 6) is -0.954. The fourth-order valence-corrected chi connectivity index (χ4v) is 2.61. The number of aromatic carboxylic acids is 1. The monoisotopic (exact) mass is 349 g/mol. The van der Waals surface area contributed by atoms with Crippen molar-refractivity contribution in [3.05, 3.63) is 65.9 Å². The highest BCUT2D eigenvalue weighted by molar-refractivity contribution is 5.95. The lowest BCUT2D eigenvalue weighted by atomic mass is 10.2. The van der Waals surface area contributed by atoms with Crippen LogP contribution in [0.25, 0.3) is 10.9 Å². The molecule has 0 amide bonds. The van der Waals surface area contributed by atoms with Crippen molar-refractivity contribution < 1.29 is 27.8 Å². The number of halogens is 3. The maximum atomic E-state index is 12.7. The molecule has 0 saturated carbocycles. The summed E-state index contributed by atoms with van der Waals surface area (Å²) in [5.41, 5.74) is 0.734. The Labute approximate surface area is 141 Å². The molecule has 130 valence electrons. The molecule has 0 spiro atoms. The topological polar surface area (TPSA) is 51.5 Å². The number of ether oxygens (including phenoxy) is 1. The summed E-state index contributed by atoms with van der Waals surface area (Å²) in [7, 11) is 0. The van der Waals surface area contributed by atoms with Gasteiger partial charge >= 0.3 is 12.1 Å². The molecule has 0 radical (unpaired) electrons. The van der Waals surface area contributed by atoms with Crippen LogP contribution in [0.2, 0.25) is 0 Å². The number of nitrogens with zero attached hydrogens (tertiary/aromatic N) is 1. The Morgan fingerprint density at radius 2 is 1.80 bits per heavy atom. The maximum Gasteiger partial charge on any atom is 0.406 e. The van der Waals surface area contributed by atoms with Crippen molar-refractivity contribution in [1.29, 1.82) is 0 Å². The molecule has 0 aliphatic heterocycles. The number of hydrogen-bond donors (Lipinski definition) is 1. The molecule has 0 bridgehead atoms. The second-order valence-corrected chi connectivity index (χ2v) is 5.53. The summed E-state index contributed by atoms with van der Waals surface area (Å²) in [6.45, 7) is -1.05. The third-order valence-electron chi connectivity index (χ3n) is 3.68. The van der Waals surface area contributed by atoms with Gasteiger partial charge in [-0.1, -0.05) is 30.3 Å². The predicted octanol–water partition coefficient (Wildman–Crippen LogP) is 4.48. The first kappa shape index (κ1) is 16.9. The summed E-state index contributed by atoms with van der Waals surface area (Å²) in [4.78, 5) is 11.3. The number of carboxylic acid groups (broad SMARTS) is 1. The number of carbonyl (C=O) groups is 1. The fourth-order valence-electron chi connectivity index (χ4n) is 2.61. The van der Waals surface area contributed by atoms with Gasteiger partial charge in [0.05, 0.1) is 0 Å². The van der Waals surface area contributed by atoms with E-state index in [0.717, 1.165) is 10.1 Å². The van der Waals surface area contributed by atoms with Gasteiger partial charge in [-0.25, -0.2) is 4.79 Å². The van der Waals surface area contributed by atoms with Gasteiger partial charge in [0.1, 0.15) is 24.6 Å². The van der Waals surface area contributed by atoms with E-state index >= 15 is 0 Å². The quantitative estimate of drug-likeness (QED) is 0.739. The first-order valence-electron chi connectivity index (χ1n) is 7.43. The van der Waals surface area contributed by atoms with Gasteiger partial charge in [-0.3, -0.25) is 0 Å². The second kappa shape index (κ2) is 6.51. The van der Waals surface area contributed by atoms with E-state index in [4.69, 9.17) is 9.84 Å². The molecule has 0 fully saturated rings. The molecule has 4 nitrogen and oxygen atoms in total. The van der Waals surface area contributed by atoms with Gasteiger partial charge in [-0.05, 0) is 29.8 Å². The van der Waals surface area contributed by atoms with Gasteiger partial charge in [0.15, 0.2) is 0 Å². The van der Waals surface area contributed by atoms with Crippen LogP contribution < -0.4 is 4.74 Å². The van der Waals surface area contributed by atoms with E-state index < -0.39 is 24.4 Å². The average molecular weight is 349 g/mol. The van der Waals surface area contributed by atoms with Crippen LogP contribution in [0.1, 0.15) is 16.1 Å². The lowest BCUT2D eigenvalue weighted by Gasteiger charge is -2.11. The number of aromatic nitrogens is 1. The van der Waals surface area contributed by atoms with E-state index in [0.29, 0.717) is 17.7 Å². The van der Waals surface area contributed by atoms with Crippen LogP contribution >= 0.6 is 0 Å². The molecule has 0 aliphatic carbocycles. The first-order chi connectivity index (χ1) is 11.8. The lowest BCUT2D eigenvalue weighted by molar-refractivity contribution is -0.140. The van der Waals surface area contributed by atoms with Crippen molar-refractivity contribution in [2.45, 2.75) is 19.3 Å². The van der Waals surface area contributed by atoms with Gasteiger partial charge in [0.2, 0.25) is 0 Å². The predicted molar refractivity (Wildman–Crippen MR) is 85.7 cm³/mol. The highest BCUT2D eigenvalue weighted by atomic mass is 19.4. The molecule has 0 aliphatic rings. The number of fused-ring (bicyclic) bond motifs is 1. The SMILES string of the molecule is O=C(O)c1cc2cc(OCc3ccccc3)ccc2n1CC(F)(F)F. The molecule has 0 atom stereocenters. The van der Waals surface area contributed by atoms with Crippen LogP contribution in [0.4, 0.5) is 13.2 Å². The first-order valence-corrected chi connectivity index (χ1v) is 7.43. The number of rotatable bonds is 5. The van der Waals surface area contributed by atoms with Gasteiger partial charge in [0.25, 0.3) is 0 Å². The third-order valence-corrected chi connectivity index (χ3v) is 3.68. The van der Waals surface area contributed by atoms with Crippen LogP contribution in [-0.4, -0.2) is 21.8 Å². The third kappa shape index (κ3) is 3.93. The Morgan fingerprint density at radius 3 is 2.44 bits per heavy atom. The molecule has 25 heavy (non-hydrogen) atoms. The molecule has 1 aromatic heterocycles. The highest BCUT2D eigenvalue weighted by Crippen LogP contribution is 2.28. The van der Waals surface area contributed by atoms with E-state index in [1.807, 2.05) is 30.3 Å². The summed E-state index contributed by atoms with van der Waals surface area (Å²) in [6.07, 6.45) is -4.52. The van der Waals surface area contributed by atoms with Gasteiger partial charge in [0, 0.05) is 10.9 Å². The zero-order valence-corrected chi connectivity index (χ0v) is 13.0. The summed E-state index contributed by atoms with van der Waals surface area (Å²) >= 11 is 0. The lowest BCUT2D eigenvalue weighted by Crippen LogP contribution is -2.20. The molecule has 0 saturated heterocycles. The molecule has 1 N–H and O–H groups in total. The zero-order chi connectivity index (χ0) is 18.0. The molecule has 2 aromatic carbocycles. The van der Waals surface area contributed by atoms with Gasteiger partial charge in [-0.2, -0.15) is 13.2 Å². The molecule has 7 heteroatoms. The standard InChI is InChI=1S/C18H14F3NO3/c19-18(20,21)11-22-15-7-6-14(8-13(15)9-16(22)17(23)24)25-10-12-4-2-1-3-5-12/h1-9H,10-11H2,(H,23,24). The van der Waals surface area contributed by atoms with Crippen molar-refractivity contribution in [1.82, 2.24) is 4.57 Å². The van der Waals surface area contributed by atoms with Crippen LogP contribution in [0.3, 0.4) is 0 Å². The van der Waals surface area contributed by atoms with E-state index in [1.54, 1.807) is 0 Å². The van der Waals surface area contributed by atoms with Crippen molar-refractivity contribution in [2.24, 2.45) is 0 Å². The van der Waals surface area contributed by atoms with E-state index in [2.05, 4.69) is 0 Å². The highest BCUT2D eigenvalue weighted by Gasteiger charge is 2.31. The van der Waals surface area contributed by atoms with E-state index in [9.17, 15) is 18.0 Å². The molecular weight excluding hydrogens is 335 g/mol. The van der Waals surface area contributed by atoms with Crippen LogP contribution in [-0.2, 0) is 13.2 Å². The second-order valence-electron chi connectivity index (χ2n) is 5.53. The minimum absolute atomic E-state index is 0.196. The van der Waals surface area contributed by atoms with Crippen LogP contribution in [0.15, 0.2) is 54.6 Å². The van der Waals surface area contributed by atoms with Crippen molar-refractivity contribution >= 4 is 16.9 Å². The summed E-state index contributed by atoms with van der Waals surface area (Å²) in [6, 6.07) is 15.1. The molecular formula is C18H14F3NO3. The average Bonchev–Trinajstić information content (AvgIpc) is 2.90. The normalized spacial score (nSPS) is 11.6. The minimum atomic E-state index is -4.52. The van der Waals surface area contributed by atoms with Crippen molar-refractivity contribution in [3.8, 4) is 5.75 Å². The van der Waals surface area contributed by atoms with Crippen molar-refractivity contribution in [3.63, 3.8) is 0 Å². The Kier molecular flexibility index (Phi) is 4.39. The molecule has 0 unspecified atom stereocenters. The fraction of sp³-hybridized carbons (Fsp3) is 0.167. The Bertz CT molecular complexity index is 901. The molecule has 1 heterocycles. The number of hydrogen-bond acceptors (Lipinski definition) is 2. The minimum Gasteiger partial charge on any atom is -0.489 e. The maximum absolute atomic E-state index is 12.7. The van der Waals surface area contributed by atoms with E-state index in [1.165, 1.54) is 24.3 Å².